The van der Waals surface area contributed by atoms with Gasteiger partial charge in [0, 0.05) is 27.0 Å². The van der Waals surface area contributed by atoms with Crippen LogP contribution in [0.5, 0.6) is 0 Å². The number of carbonyl (C=O) groups is 4. The molecular formula is C35H30BrN3O4S. The van der Waals surface area contributed by atoms with Gasteiger partial charge in [0.05, 0.1) is 10.9 Å². The fourth-order valence-corrected chi connectivity index (χ4v) is 6.13. The lowest BCUT2D eigenvalue weighted by Crippen LogP contribution is -2.31. The minimum absolute atomic E-state index is 0.0759. The lowest BCUT2D eigenvalue weighted by molar-refractivity contribution is -0.121. The third-order valence-corrected chi connectivity index (χ3v) is 8.69. The van der Waals surface area contributed by atoms with E-state index in [9.17, 15) is 19.2 Å². The zero-order valence-corrected chi connectivity index (χ0v) is 26.5. The summed E-state index contributed by atoms with van der Waals surface area (Å²) in [5, 5.41) is 5.03. The summed E-state index contributed by atoms with van der Waals surface area (Å²) in [4.78, 5) is 54.2. The molecule has 0 saturated carbocycles. The molecule has 1 aliphatic rings. The number of hydrogen-bond donors (Lipinski definition) is 2. The molecule has 2 N–H and O–H groups in total. The van der Waals surface area contributed by atoms with Crippen LogP contribution in [-0.2, 0) is 14.4 Å². The van der Waals surface area contributed by atoms with Gasteiger partial charge in [0.25, 0.3) is 11.8 Å². The Labute approximate surface area is 268 Å². The van der Waals surface area contributed by atoms with Crippen LogP contribution in [0.4, 0.5) is 11.4 Å². The normalized spacial score (nSPS) is 15.0. The zero-order chi connectivity index (χ0) is 31.2. The molecule has 44 heavy (non-hydrogen) atoms. The minimum atomic E-state index is -0.541. The van der Waals surface area contributed by atoms with E-state index in [1.807, 2.05) is 54.6 Å². The average Bonchev–Trinajstić information content (AvgIpc) is 3.30. The van der Waals surface area contributed by atoms with Gasteiger partial charge in [0.15, 0.2) is 0 Å². The van der Waals surface area contributed by atoms with Crippen LogP contribution in [0.2, 0.25) is 0 Å². The maximum Gasteiger partial charge on any atom is 0.272 e. The molecule has 1 heterocycles. The number of benzene rings is 4. The second-order valence-corrected chi connectivity index (χ2v) is 12.7. The fraction of sp³-hybridized carbons (Fsp3) is 0.143. The topological polar surface area (TPSA) is 95.6 Å². The number of rotatable bonds is 9. The molecule has 7 nitrogen and oxygen atoms in total. The molecule has 0 spiro atoms. The molecular weight excluding hydrogens is 638 g/mol. The molecule has 0 aliphatic carbocycles. The molecule has 5 rings (SSSR count). The van der Waals surface area contributed by atoms with Gasteiger partial charge >= 0.3 is 0 Å². The van der Waals surface area contributed by atoms with E-state index in [1.165, 1.54) is 16.7 Å². The van der Waals surface area contributed by atoms with Crippen molar-refractivity contribution in [2.24, 2.45) is 0 Å². The molecule has 1 fully saturated rings. The summed E-state index contributed by atoms with van der Waals surface area (Å²) in [6.07, 6.45) is 1.72. The van der Waals surface area contributed by atoms with Crippen molar-refractivity contribution in [1.82, 2.24) is 5.32 Å². The second kappa shape index (κ2) is 13.9. The summed E-state index contributed by atoms with van der Waals surface area (Å²) in [5.74, 6) is -1.02. The van der Waals surface area contributed by atoms with Crippen molar-refractivity contribution >= 4 is 68.8 Å². The Hall–Kier alpha value is -4.47. The molecule has 1 saturated heterocycles. The molecule has 4 aromatic carbocycles. The van der Waals surface area contributed by atoms with E-state index in [4.69, 9.17) is 0 Å². The van der Waals surface area contributed by atoms with Gasteiger partial charge in [0.2, 0.25) is 11.8 Å². The van der Waals surface area contributed by atoms with Gasteiger partial charge in [-0.15, -0.1) is 11.8 Å². The number of carbonyl (C=O) groups excluding carboxylic acids is 4. The molecule has 0 radical (unpaired) electrons. The summed E-state index contributed by atoms with van der Waals surface area (Å²) in [5.41, 5.74) is 3.45. The number of halogens is 1. The van der Waals surface area contributed by atoms with Crippen molar-refractivity contribution in [3.8, 4) is 0 Å². The number of thioether (sulfide) groups is 1. The van der Waals surface area contributed by atoms with Crippen molar-refractivity contribution in [2.75, 3.05) is 10.2 Å². The minimum Gasteiger partial charge on any atom is -0.321 e. The van der Waals surface area contributed by atoms with Crippen molar-refractivity contribution in [3.05, 3.63) is 130 Å². The SMILES string of the molecule is CC(C)c1ccc(N2C(=O)CC(Sc3ccc(NC(=O)/C(=C/c4cccc(Br)c4)NC(=O)c4ccccc4)cc3)C2=O)cc1. The van der Waals surface area contributed by atoms with E-state index in [0.29, 0.717) is 22.9 Å². The Morgan fingerprint density at radius 2 is 1.61 bits per heavy atom. The van der Waals surface area contributed by atoms with Crippen molar-refractivity contribution in [1.29, 1.82) is 0 Å². The zero-order valence-electron chi connectivity index (χ0n) is 24.1. The highest BCUT2D eigenvalue weighted by Gasteiger charge is 2.40. The van der Waals surface area contributed by atoms with Crippen molar-refractivity contribution < 1.29 is 19.2 Å². The first-order valence-electron chi connectivity index (χ1n) is 14.1. The largest absolute Gasteiger partial charge is 0.321 e. The Balaban J connectivity index is 1.27. The molecule has 1 atom stereocenters. The Kier molecular flexibility index (Phi) is 9.77. The van der Waals surface area contributed by atoms with Gasteiger partial charge in [-0.2, -0.15) is 0 Å². The Bertz CT molecular complexity index is 1720. The summed E-state index contributed by atoms with van der Waals surface area (Å²) < 4.78 is 0.836. The van der Waals surface area contributed by atoms with Crippen LogP contribution in [0.25, 0.3) is 6.08 Å². The number of hydrogen-bond acceptors (Lipinski definition) is 5. The van der Waals surface area contributed by atoms with E-state index in [-0.39, 0.29) is 23.9 Å². The van der Waals surface area contributed by atoms with E-state index in [1.54, 1.807) is 54.6 Å². The van der Waals surface area contributed by atoms with Gasteiger partial charge in [0.1, 0.15) is 5.70 Å². The first-order valence-corrected chi connectivity index (χ1v) is 15.7. The van der Waals surface area contributed by atoms with Crippen LogP contribution < -0.4 is 15.5 Å². The van der Waals surface area contributed by atoms with E-state index < -0.39 is 17.1 Å². The van der Waals surface area contributed by atoms with Gasteiger partial charge in [-0.1, -0.05) is 72.2 Å². The third kappa shape index (κ3) is 7.53. The maximum absolute atomic E-state index is 13.3. The standard InChI is InChI=1S/C35H30BrN3O4S/c1-22(2)24-11-15-28(16-12-24)39-32(40)21-31(35(39)43)44-29-17-13-27(14-18-29)37-34(42)30(20-23-7-6-10-26(36)19-23)38-33(41)25-8-4-3-5-9-25/h3-20,22,31H,21H2,1-2H3,(H,37,42)(H,38,41)/b30-20-. The van der Waals surface area contributed by atoms with E-state index >= 15 is 0 Å². The molecule has 9 heteroatoms. The van der Waals surface area contributed by atoms with Crippen LogP contribution >= 0.6 is 27.7 Å². The van der Waals surface area contributed by atoms with E-state index in [0.717, 1.165) is 20.5 Å². The molecule has 1 aliphatic heterocycles. The van der Waals surface area contributed by atoms with Crippen LogP contribution in [0.1, 0.15) is 47.7 Å². The molecule has 4 amide bonds. The molecule has 4 aromatic rings. The lowest BCUT2D eigenvalue weighted by atomic mass is 10.0. The highest BCUT2D eigenvalue weighted by atomic mass is 79.9. The predicted molar refractivity (Wildman–Crippen MR) is 178 cm³/mol. The average molecular weight is 669 g/mol. The van der Waals surface area contributed by atoms with Gasteiger partial charge in [-0.3, -0.25) is 19.2 Å². The summed E-state index contributed by atoms with van der Waals surface area (Å²) in [7, 11) is 0. The predicted octanol–water partition coefficient (Wildman–Crippen LogP) is 7.41. The van der Waals surface area contributed by atoms with Gasteiger partial charge in [-0.25, -0.2) is 4.90 Å². The van der Waals surface area contributed by atoms with E-state index in [2.05, 4.69) is 40.4 Å². The number of imide groups is 1. The van der Waals surface area contributed by atoms with Crippen LogP contribution in [0, 0.1) is 0 Å². The monoisotopic (exact) mass is 667 g/mol. The Morgan fingerprint density at radius 1 is 0.909 bits per heavy atom. The van der Waals surface area contributed by atoms with Gasteiger partial charge in [-0.05, 0) is 83.8 Å². The highest BCUT2D eigenvalue weighted by molar-refractivity contribution is 9.10. The summed E-state index contributed by atoms with van der Waals surface area (Å²) >= 11 is 4.75. The molecule has 222 valence electrons. The first-order chi connectivity index (χ1) is 21.2. The van der Waals surface area contributed by atoms with Gasteiger partial charge < -0.3 is 10.6 Å². The van der Waals surface area contributed by atoms with Crippen molar-refractivity contribution in [3.63, 3.8) is 0 Å². The summed E-state index contributed by atoms with van der Waals surface area (Å²) in [6, 6.07) is 30.6. The van der Waals surface area contributed by atoms with Crippen LogP contribution in [-0.4, -0.2) is 28.9 Å². The fourth-order valence-electron chi connectivity index (χ4n) is 4.66. The first kappa shape index (κ1) is 31.0. The molecule has 0 bridgehead atoms. The summed E-state index contributed by atoms with van der Waals surface area (Å²) in [6.45, 7) is 4.18. The second-order valence-electron chi connectivity index (χ2n) is 10.5. The number of amides is 4. The smallest absolute Gasteiger partial charge is 0.272 e. The number of anilines is 2. The Morgan fingerprint density at radius 3 is 2.27 bits per heavy atom. The molecule has 0 aromatic heterocycles. The third-order valence-electron chi connectivity index (χ3n) is 7.00. The number of nitrogens with one attached hydrogen (secondary N) is 2. The maximum atomic E-state index is 13.3. The van der Waals surface area contributed by atoms with Crippen LogP contribution in [0.3, 0.4) is 0 Å². The number of nitrogens with zero attached hydrogens (tertiary/aromatic N) is 1. The highest BCUT2D eigenvalue weighted by Crippen LogP contribution is 2.35. The quantitative estimate of drug-likeness (QED) is 0.143. The van der Waals surface area contributed by atoms with Crippen molar-refractivity contribution in [2.45, 2.75) is 36.3 Å². The van der Waals surface area contributed by atoms with Crippen LogP contribution in [0.15, 0.2) is 118 Å². The molecule has 1 unspecified atom stereocenters. The lowest BCUT2D eigenvalue weighted by Gasteiger charge is -2.16.